The molecule has 1 fully saturated rings. The van der Waals surface area contributed by atoms with Crippen LogP contribution >= 0.6 is 11.3 Å². The van der Waals surface area contributed by atoms with Gasteiger partial charge in [-0.15, -0.1) is 11.3 Å². The van der Waals surface area contributed by atoms with E-state index < -0.39 is 5.97 Å². The molecule has 1 aromatic rings. The van der Waals surface area contributed by atoms with Crippen molar-refractivity contribution in [1.29, 1.82) is 0 Å². The van der Waals surface area contributed by atoms with E-state index in [2.05, 4.69) is 30.3 Å². The highest BCUT2D eigenvalue weighted by Gasteiger charge is 2.37. The van der Waals surface area contributed by atoms with Crippen molar-refractivity contribution in [2.45, 2.75) is 25.8 Å². The predicted molar refractivity (Wildman–Crippen MR) is 61.6 cm³/mol. The second kappa shape index (κ2) is 3.85. The lowest BCUT2D eigenvalue weighted by molar-refractivity contribution is -0.145. The van der Waals surface area contributed by atoms with Gasteiger partial charge in [-0.2, -0.15) is 0 Å². The summed E-state index contributed by atoms with van der Waals surface area (Å²) in [4.78, 5) is 12.9. The number of thiophene rings is 1. The molecule has 1 heterocycles. The number of rotatable bonds is 3. The van der Waals surface area contributed by atoms with Gasteiger partial charge in [-0.3, -0.25) is 4.79 Å². The Morgan fingerprint density at radius 1 is 1.60 bits per heavy atom. The normalized spacial score (nSPS) is 24.7. The van der Waals surface area contributed by atoms with Gasteiger partial charge in [0.2, 0.25) is 0 Å². The summed E-state index contributed by atoms with van der Waals surface area (Å²) in [6.07, 6.45) is 1.56. The van der Waals surface area contributed by atoms with Gasteiger partial charge in [0.1, 0.15) is 0 Å². The molecule has 0 amide bonds. The summed E-state index contributed by atoms with van der Waals surface area (Å²) < 4.78 is 0. The van der Waals surface area contributed by atoms with E-state index in [1.165, 1.54) is 10.6 Å². The number of carboxylic acids is 1. The Balaban J connectivity index is 1.97. The first kappa shape index (κ1) is 10.5. The van der Waals surface area contributed by atoms with Crippen LogP contribution in [-0.2, 0) is 4.79 Å². The molecule has 0 saturated heterocycles. The van der Waals surface area contributed by atoms with E-state index in [0.717, 1.165) is 12.8 Å². The standard InChI is InChI=1S/C11H15NO2S/c1-7-3-4-15-10(7)12(2)9-5-8(6-9)11(13)14/h3-4,8-9H,5-6H2,1-2H3,(H,13,14). The Labute approximate surface area is 93.3 Å². The van der Waals surface area contributed by atoms with E-state index >= 15 is 0 Å². The summed E-state index contributed by atoms with van der Waals surface area (Å²) in [7, 11) is 2.06. The molecule has 0 atom stereocenters. The third-order valence-corrected chi connectivity index (χ3v) is 4.27. The molecule has 0 aliphatic heterocycles. The molecule has 1 aromatic heterocycles. The summed E-state index contributed by atoms with van der Waals surface area (Å²) in [5.74, 6) is -0.778. The maximum Gasteiger partial charge on any atom is 0.306 e. The monoisotopic (exact) mass is 225 g/mol. The van der Waals surface area contributed by atoms with E-state index in [9.17, 15) is 4.79 Å². The molecule has 0 radical (unpaired) electrons. The number of nitrogens with zero attached hydrogens (tertiary/aromatic N) is 1. The van der Waals surface area contributed by atoms with E-state index in [4.69, 9.17) is 5.11 Å². The topological polar surface area (TPSA) is 40.5 Å². The average Bonchev–Trinajstić information content (AvgIpc) is 2.47. The van der Waals surface area contributed by atoms with Crippen LogP contribution in [-0.4, -0.2) is 24.2 Å². The summed E-state index contributed by atoms with van der Waals surface area (Å²) in [6.45, 7) is 2.09. The van der Waals surface area contributed by atoms with Gasteiger partial charge in [0.25, 0.3) is 0 Å². The number of aryl methyl sites for hydroxylation is 1. The number of anilines is 1. The number of hydrogen-bond donors (Lipinski definition) is 1. The van der Waals surface area contributed by atoms with Gasteiger partial charge < -0.3 is 10.0 Å². The fourth-order valence-electron chi connectivity index (χ4n) is 2.00. The zero-order valence-electron chi connectivity index (χ0n) is 8.93. The van der Waals surface area contributed by atoms with Gasteiger partial charge in [-0.05, 0) is 36.8 Å². The molecule has 0 spiro atoms. The van der Waals surface area contributed by atoms with Crippen LogP contribution in [0.5, 0.6) is 0 Å². The van der Waals surface area contributed by atoms with Crippen molar-refractivity contribution in [2.24, 2.45) is 5.92 Å². The second-order valence-electron chi connectivity index (χ2n) is 4.18. The zero-order valence-corrected chi connectivity index (χ0v) is 9.75. The molecule has 1 aliphatic carbocycles. The van der Waals surface area contributed by atoms with Crippen LogP contribution in [0.4, 0.5) is 5.00 Å². The summed E-state index contributed by atoms with van der Waals surface area (Å²) in [5.41, 5.74) is 1.28. The number of carbonyl (C=O) groups is 1. The van der Waals surface area contributed by atoms with Crippen molar-refractivity contribution in [1.82, 2.24) is 0 Å². The van der Waals surface area contributed by atoms with E-state index in [0.29, 0.717) is 6.04 Å². The summed E-state index contributed by atoms with van der Waals surface area (Å²) >= 11 is 1.72. The SMILES string of the molecule is Cc1ccsc1N(C)C1CC(C(=O)O)C1. The molecular formula is C11H15NO2S. The Morgan fingerprint density at radius 3 is 2.73 bits per heavy atom. The van der Waals surface area contributed by atoms with Crippen LogP contribution < -0.4 is 4.90 Å². The first-order chi connectivity index (χ1) is 7.09. The lowest BCUT2D eigenvalue weighted by atomic mass is 9.79. The lowest BCUT2D eigenvalue weighted by Crippen LogP contribution is -2.45. The minimum absolute atomic E-state index is 0.127. The van der Waals surface area contributed by atoms with Crippen molar-refractivity contribution in [2.75, 3.05) is 11.9 Å². The van der Waals surface area contributed by atoms with E-state index in [1.54, 1.807) is 11.3 Å². The molecule has 0 unspecified atom stereocenters. The summed E-state index contributed by atoms with van der Waals surface area (Å²) in [5, 5.41) is 12.1. The average molecular weight is 225 g/mol. The van der Waals surface area contributed by atoms with Crippen LogP contribution in [0.3, 0.4) is 0 Å². The fourth-order valence-corrected chi connectivity index (χ4v) is 2.97. The molecular weight excluding hydrogens is 210 g/mol. The molecule has 1 N–H and O–H groups in total. The molecule has 4 heteroatoms. The number of carboxylic acid groups (broad SMARTS) is 1. The van der Waals surface area contributed by atoms with Crippen LogP contribution in [0.15, 0.2) is 11.4 Å². The molecule has 0 bridgehead atoms. The van der Waals surface area contributed by atoms with Crippen molar-refractivity contribution < 1.29 is 9.90 Å². The van der Waals surface area contributed by atoms with E-state index in [-0.39, 0.29) is 5.92 Å². The summed E-state index contributed by atoms with van der Waals surface area (Å²) in [6, 6.07) is 2.51. The van der Waals surface area contributed by atoms with Crippen molar-refractivity contribution in [3.8, 4) is 0 Å². The van der Waals surface area contributed by atoms with Gasteiger partial charge in [-0.1, -0.05) is 0 Å². The third-order valence-electron chi connectivity index (χ3n) is 3.17. The Kier molecular flexibility index (Phi) is 2.69. The maximum atomic E-state index is 10.7. The third kappa shape index (κ3) is 1.86. The van der Waals surface area contributed by atoms with Crippen molar-refractivity contribution in [3.63, 3.8) is 0 Å². The fraction of sp³-hybridized carbons (Fsp3) is 0.545. The first-order valence-electron chi connectivity index (χ1n) is 5.09. The predicted octanol–water partition coefficient (Wildman–Crippen LogP) is 2.36. The Morgan fingerprint density at radius 2 is 2.27 bits per heavy atom. The van der Waals surface area contributed by atoms with Crippen LogP contribution in [0.1, 0.15) is 18.4 Å². The molecule has 0 aromatic carbocycles. The molecule has 1 saturated carbocycles. The van der Waals surface area contributed by atoms with E-state index in [1.807, 2.05) is 0 Å². The van der Waals surface area contributed by atoms with Crippen molar-refractivity contribution in [3.05, 3.63) is 17.0 Å². The number of hydrogen-bond acceptors (Lipinski definition) is 3. The van der Waals surface area contributed by atoms with Crippen LogP contribution in [0, 0.1) is 12.8 Å². The lowest BCUT2D eigenvalue weighted by Gasteiger charge is -2.40. The Bertz CT molecular complexity index is 368. The Hall–Kier alpha value is -1.03. The molecule has 82 valence electrons. The highest BCUT2D eigenvalue weighted by atomic mass is 32.1. The van der Waals surface area contributed by atoms with Gasteiger partial charge in [0, 0.05) is 13.1 Å². The maximum absolute atomic E-state index is 10.7. The second-order valence-corrected chi connectivity index (χ2v) is 5.07. The van der Waals surface area contributed by atoms with Crippen LogP contribution in [0.2, 0.25) is 0 Å². The van der Waals surface area contributed by atoms with Gasteiger partial charge in [-0.25, -0.2) is 0 Å². The van der Waals surface area contributed by atoms with Gasteiger partial charge >= 0.3 is 5.97 Å². The number of aliphatic carboxylic acids is 1. The highest BCUT2D eigenvalue weighted by molar-refractivity contribution is 7.14. The quantitative estimate of drug-likeness (QED) is 0.858. The van der Waals surface area contributed by atoms with Crippen LogP contribution in [0.25, 0.3) is 0 Å². The zero-order chi connectivity index (χ0) is 11.0. The first-order valence-corrected chi connectivity index (χ1v) is 5.97. The molecule has 15 heavy (non-hydrogen) atoms. The largest absolute Gasteiger partial charge is 0.481 e. The minimum Gasteiger partial charge on any atom is -0.481 e. The molecule has 3 nitrogen and oxygen atoms in total. The van der Waals surface area contributed by atoms with Gasteiger partial charge in [0.05, 0.1) is 10.9 Å². The van der Waals surface area contributed by atoms with Gasteiger partial charge in [0.15, 0.2) is 0 Å². The van der Waals surface area contributed by atoms with Crippen molar-refractivity contribution >= 4 is 22.3 Å². The molecule has 1 aliphatic rings. The smallest absolute Gasteiger partial charge is 0.306 e. The highest BCUT2D eigenvalue weighted by Crippen LogP contribution is 2.36. The molecule has 2 rings (SSSR count). The minimum atomic E-state index is -0.650.